The molecule has 3 aromatic rings. The minimum absolute atomic E-state index is 0.00487. The molecule has 1 heterocycles. The number of ketones is 2. The second kappa shape index (κ2) is 7.94. The maximum atomic E-state index is 13.2. The first-order chi connectivity index (χ1) is 14.3. The largest absolute Gasteiger partial charge is 0.298 e. The molecule has 1 fully saturated rings. The van der Waals surface area contributed by atoms with E-state index in [1.165, 1.54) is 12.1 Å². The van der Waals surface area contributed by atoms with Gasteiger partial charge >= 0.3 is 0 Å². The molecule has 1 aliphatic carbocycles. The van der Waals surface area contributed by atoms with Crippen molar-refractivity contribution in [2.75, 3.05) is 0 Å². The lowest BCUT2D eigenvalue weighted by atomic mass is 9.86. The summed E-state index contributed by atoms with van der Waals surface area (Å²) in [7, 11) is 0. The second-order valence-corrected chi connectivity index (χ2v) is 8.26. The van der Waals surface area contributed by atoms with Gasteiger partial charge in [-0.05, 0) is 79.3 Å². The Hall–Kier alpha value is -3.14. The molecular weight excluding hydrogens is 377 g/mol. The van der Waals surface area contributed by atoms with Gasteiger partial charge in [0.25, 0.3) is 0 Å². The fourth-order valence-corrected chi connectivity index (χ4v) is 4.64. The van der Waals surface area contributed by atoms with Crippen LogP contribution in [-0.2, 0) is 16.0 Å². The zero-order valence-electron chi connectivity index (χ0n) is 17.4. The van der Waals surface area contributed by atoms with Crippen LogP contribution in [-0.4, -0.2) is 16.6 Å². The van der Waals surface area contributed by atoms with Gasteiger partial charge in [0.15, 0.2) is 5.78 Å². The molecule has 0 N–H and O–H groups in total. The lowest BCUT2D eigenvalue weighted by Crippen LogP contribution is -2.19. The van der Waals surface area contributed by atoms with Gasteiger partial charge in [-0.1, -0.05) is 29.8 Å². The van der Waals surface area contributed by atoms with Crippen molar-refractivity contribution in [1.29, 1.82) is 0 Å². The molecule has 2 unspecified atom stereocenters. The van der Waals surface area contributed by atoms with Gasteiger partial charge in [0.2, 0.25) is 0 Å². The summed E-state index contributed by atoms with van der Waals surface area (Å²) < 4.78 is 13.2. The van der Waals surface area contributed by atoms with E-state index in [2.05, 4.69) is 4.98 Å². The fraction of sp³-hybridized carbons (Fsp3) is 0.269. The topological polar surface area (TPSA) is 47.0 Å². The Kier molecular flexibility index (Phi) is 5.33. The normalized spacial score (nSPS) is 18.8. The number of nitrogens with zero attached hydrogens (tertiary/aromatic N) is 1. The van der Waals surface area contributed by atoms with E-state index in [-0.39, 0.29) is 29.7 Å². The third-order valence-electron chi connectivity index (χ3n) is 5.93. The van der Waals surface area contributed by atoms with Crippen molar-refractivity contribution < 1.29 is 14.0 Å². The number of aromatic nitrogens is 1. The van der Waals surface area contributed by atoms with Crippen molar-refractivity contribution in [3.8, 4) is 11.1 Å². The summed E-state index contributed by atoms with van der Waals surface area (Å²) in [5.41, 5.74) is 6.56. The summed E-state index contributed by atoms with van der Waals surface area (Å²) in [6.07, 6.45) is 2.37. The van der Waals surface area contributed by atoms with Crippen molar-refractivity contribution in [2.24, 2.45) is 5.92 Å². The van der Waals surface area contributed by atoms with Crippen LogP contribution in [0.3, 0.4) is 0 Å². The predicted molar refractivity (Wildman–Crippen MR) is 115 cm³/mol. The third kappa shape index (κ3) is 3.82. The molecule has 0 spiro atoms. The maximum Gasteiger partial charge on any atom is 0.151 e. The van der Waals surface area contributed by atoms with E-state index in [4.69, 9.17) is 0 Å². The number of benzene rings is 2. The van der Waals surface area contributed by atoms with Crippen LogP contribution in [0.2, 0.25) is 0 Å². The minimum Gasteiger partial charge on any atom is -0.298 e. The van der Waals surface area contributed by atoms with E-state index in [0.717, 1.165) is 39.1 Å². The van der Waals surface area contributed by atoms with Crippen LogP contribution in [0.1, 0.15) is 40.3 Å². The number of rotatable bonds is 4. The highest BCUT2D eigenvalue weighted by Crippen LogP contribution is 2.37. The van der Waals surface area contributed by atoms with Crippen LogP contribution in [0.15, 0.2) is 54.7 Å². The van der Waals surface area contributed by atoms with Crippen LogP contribution < -0.4 is 0 Å². The molecule has 1 saturated carbocycles. The number of hydrogen-bond acceptors (Lipinski definition) is 3. The van der Waals surface area contributed by atoms with E-state index >= 15 is 0 Å². The van der Waals surface area contributed by atoms with E-state index < -0.39 is 5.92 Å². The van der Waals surface area contributed by atoms with Crippen LogP contribution in [0.25, 0.3) is 11.1 Å². The number of hydrogen-bond donors (Lipinski definition) is 0. The van der Waals surface area contributed by atoms with Gasteiger partial charge in [0, 0.05) is 24.2 Å². The van der Waals surface area contributed by atoms with Gasteiger partial charge in [0.1, 0.15) is 17.5 Å². The first-order valence-corrected chi connectivity index (χ1v) is 10.2. The molecule has 1 aromatic heterocycles. The highest BCUT2D eigenvalue weighted by Gasteiger charge is 2.43. The first kappa shape index (κ1) is 20.1. The van der Waals surface area contributed by atoms with E-state index in [9.17, 15) is 14.0 Å². The molecule has 152 valence electrons. The van der Waals surface area contributed by atoms with Crippen molar-refractivity contribution in [3.05, 3.63) is 88.5 Å². The SMILES string of the molecule is Cc1cc(C)c(C2C(=O)CC(Cc3cc(-c4ccc(F)cc4)ccn3)C2=O)c(C)c1. The Balaban J connectivity index is 1.58. The van der Waals surface area contributed by atoms with Crippen LogP contribution in [0.5, 0.6) is 0 Å². The Bertz CT molecular complexity index is 1110. The highest BCUT2D eigenvalue weighted by atomic mass is 19.1. The summed E-state index contributed by atoms with van der Waals surface area (Å²) in [5.74, 6) is -1.33. The Morgan fingerprint density at radius 1 is 0.933 bits per heavy atom. The van der Waals surface area contributed by atoms with Crippen LogP contribution >= 0.6 is 0 Å². The van der Waals surface area contributed by atoms with Gasteiger partial charge in [0.05, 0.1) is 0 Å². The Morgan fingerprint density at radius 2 is 1.60 bits per heavy atom. The number of halogens is 1. The predicted octanol–water partition coefficient (Wildman–Crippen LogP) is 5.30. The maximum absolute atomic E-state index is 13.2. The van der Waals surface area contributed by atoms with Gasteiger partial charge in [-0.25, -0.2) is 4.39 Å². The van der Waals surface area contributed by atoms with Crippen molar-refractivity contribution in [3.63, 3.8) is 0 Å². The zero-order chi connectivity index (χ0) is 21.4. The number of carbonyl (C=O) groups excluding carboxylic acids is 2. The molecule has 0 bridgehead atoms. The Labute approximate surface area is 176 Å². The molecule has 0 aliphatic heterocycles. The van der Waals surface area contributed by atoms with Crippen LogP contribution in [0.4, 0.5) is 4.39 Å². The van der Waals surface area contributed by atoms with E-state index in [0.29, 0.717) is 6.42 Å². The van der Waals surface area contributed by atoms with Gasteiger partial charge in [-0.3, -0.25) is 14.6 Å². The van der Waals surface area contributed by atoms with Crippen LogP contribution in [0, 0.1) is 32.5 Å². The van der Waals surface area contributed by atoms with Crippen molar-refractivity contribution in [2.45, 2.75) is 39.5 Å². The highest BCUT2D eigenvalue weighted by molar-refractivity contribution is 6.15. The monoisotopic (exact) mass is 401 g/mol. The fourth-order valence-electron chi connectivity index (χ4n) is 4.64. The number of Topliss-reactive ketones (excluding diaryl/α,β-unsaturated/α-hetero) is 2. The minimum atomic E-state index is -0.670. The number of carbonyl (C=O) groups is 2. The van der Waals surface area contributed by atoms with E-state index in [1.807, 2.05) is 45.0 Å². The lowest BCUT2D eigenvalue weighted by Gasteiger charge is -2.16. The first-order valence-electron chi connectivity index (χ1n) is 10.2. The molecule has 3 nitrogen and oxygen atoms in total. The lowest BCUT2D eigenvalue weighted by molar-refractivity contribution is -0.124. The average Bonchev–Trinajstić information content (AvgIpc) is 2.96. The molecule has 1 aliphatic rings. The number of pyridine rings is 1. The summed E-state index contributed by atoms with van der Waals surface area (Å²) >= 11 is 0. The van der Waals surface area contributed by atoms with Gasteiger partial charge < -0.3 is 0 Å². The molecule has 0 saturated heterocycles. The van der Waals surface area contributed by atoms with Gasteiger partial charge in [-0.15, -0.1) is 0 Å². The summed E-state index contributed by atoms with van der Waals surface area (Å²) in [6.45, 7) is 5.96. The summed E-state index contributed by atoms with van der Waals surface area (Å²) in [5, 5.41) is 0. The standard InChI is InChI=1S/C26H24FNO2/c1-15-10-16(2)24(17(3)11-15)25-23(29)14-20(26(25)30)13-22-12-19(8-9-28-22)18-4-6-21(27)7-5-18/h4-12,20,25H,13-14H2,1-3H3. The zero-order valence-corrected chi connectivity index (χ0v) is 17.4. The van der Waals surface area contributed by atoms with Gasteiger partial charge in [-0.2, -0.15) is 0 Å². The summed E-state index contributed by atoms with van der Waals surface area (Å²) in [6, 6.07) is 14.1. The molecule has 4 rings (SSSR count). The molecule has 0 amide bonds. The second-order valence-electron chi connectivity index (χ2n) is 8.26. The number of aryl methyl sites for hydroxylation is 3. The Morgan fingerprint density at radius 3 is 2.27 bits per heavy atom. The molecule has 2 atom stereocenters. The van der Waals surface area contributed by atoms with Crippen molar-refractivity contribution >= 4 is 11.6 Å². The molecule has 2 aromatic carbocycles. The quantitative estimate of drug-likeness (QED) is 0.558. The summed E-state index contributed by atoms with van der Waals surface area (Å²) in [4.78, 5) is 30.4. The smallest absolute Gasteiger partial charge is 0.151 e. The van der Waals surface area contributed by atoms with Crippen molar-refractivity contribution in [1.82, 2.24) is 4.98 Å². The molecule has 0 radical (unpaired) electrons. The molecular formula is C26H24FNO2. The average molecular weight is 401 g/mol. The molecule has 30 heavy (non-hydrogen) atoms. The third-order valence-corrected chi connectivity index (χ3v) is 5.93. The van der Waals surface area contributed by atoms with E-state index in [1.54, 1.807) is 18.3 Å². The molecule has 4 heteroatoms.